The summed E-state index contributed by atoms with van der Waals surface area (Å²) in [4.78, 5) is 9.84. The average molecular weight is 98.1 g/mol. The first-order valence-corrected chi connectivity index (χ1v) is 2.18. The molecule has 0 aromatic heterocycles. The monoisotopic (exact) mass is 98.0 g/mol. The molecular weight excluding hydrogens is 92.1 g/mol. The van der Waals surface area contributed by atoms with Crippen molar-refractivity contribution in [3.8, 4) is 0 Å². The smallest absolute Gasteiger partial charge is 0.166 e. The van der Waals surface area contributed by atoms with Crippen molar-refractivity contribution in [2.45, 2.75) is 6.42 Å². The lowest BCUT2D eigenvalue weighted by Gasteiger charge is -1.76. The molecule has 0 saturated carbocycles. The highest BCUT2D eigenvalue weighted by molar-refractivity contribution is 6.28. The van der Waals surface area contributed by atoms with Crippen molar-refractivity contribution < 1.29 is 4.79 Å². The molecular formula is C4H6N2O. The molecule has 0 aliphatic carbocycles. The van der Waals surface area contributed by atoms with E-state index in [4.69, 9.17) is 0 Å². The van der Waals surface area contributed by atoms with Gasteiger partial charge in [0.25, 0.3) is 0 Å². The Labute approximate surface area is 41.4 Å². The van der Waals surface area contributed by atoms with Gasteiger partial charge in [0.1, 0.15) is 5.71 Å². The summed E-state index contributed by atoms with van der Waals surface area (Å²) in [5.41, 5.74) is 3.30. The highest BCUT2D eigenvalue weighted by atomic mass is 16.1. The van der Waals surface area contributed by atoms with Gasteiger partial charge in [-0.05, 0) is 0 Å². The van der Waals surface area contributed by atoms with Crippen LogP contribution in [0.1, 0.15) is 6.42 Å². The summed E-state index contributed by atoms with van der Waals surface area (Å²) in [5, 5.41) is 3.65. The maximum Gasteiger partial charge on any atom is 0.166 e. The standard InChI is InChI=1S/C4H6N2O/c7-3-4-1-2-5-6-4/h3,5H,1-2H2. The van der Waals surface area contributed by atoms with Crippen LogP contribution in [-0.2, 0) is 4.79 Å². The second kappa shape index (κ2) is 1.73. The molecule has 0 spiro atoms. The second-order valence-corrected chi connectivity index (χ2v) is 1.38. The molecule has 3 heteroatoms. The number of rotatable bonds is 1. The van der Waals surface area contributed by atoms with Crippen molar-refractivity contribution in [2.75, 3.05) is 6.54 Å². The van der Waals surface area contributed by atoms with Gasteiger partial charge in [-0.3, -0.25) is 4.79 Å². The van der Waals surface area contributed by atoms with Crippen LogP contribution >= 0.6 is 0 Å². The highest BCUT2D eigenvalue weighted by Gasteiger charge is 2.01. The molecule has 0 bridgehead atoms. The van der Waals surface area contributed by atoms with Gasteiger partial charge < -0.3 is 5.43 Å². The van der Waals surface area contributed by atoms with Crippen LogP contribution in [0.4, 0.5) is 0 Å². The van der Waals surface area contributed by atoms with Crippen LogP contribution in [-0.4, -0.2) is 18.5 Å². The fourth-order valence-electron chi connectivity index (χ4n) is 0.483. The van der Waals surface area contributed by atoms with E-state index in [1.54, 1.807) is 0 Å². The van der Waals surface area contributed by atoms with Crippen LogP contribution < -0.4 is 5.43 Å². The molecule has 1 aliphatic rings. The largest absolute Gasteiger partial charge is 0.309 e. The van der Waals surface area contributed by atoms with Crippen molar-refractivity contribution in [2.24, 2.45) is 5.10 Å². The lowest BCUT2D eigenvalue weighted by molar-refractivity contribution is -0.102. The predicted octanol–water partition coefficient (Wildman–Crippen LogP) is -0.465. The zero-order chi connectivity index (χ0) is 5.11. The van der Waals surface area contributed by atoms with E-state index in [1.165, 1.54) is 0 Å². The predicted molar refractivity (Wildman–Crippen MR) is 26.1 cm³/mol. The van der Waals surface area contributed by atoms with Gasteiger partial charge in [0, 0.05) is 13.0 Å². The lowest BCUT2D eigenvalue weighted by Crippen LogP contribution is -1.97. The van der Waals surface area contributed by atoms with E-state index in [1.807, 2.05) is 0 Å². The van der Waals surface area contributed by atoms with Crippen LogP contribution in [0.5, 0.6) is 0 Å². The normalized spacial score (nSPS) is 18.0. The number of carbonyl (C=O) groups is 1. The molecule has 0 fully saturated rings. The number of nitrogens with zero attached hydrogens (tertiary/aromatic N) is 1. The Bertz CT molecular complexity index is 108. The molecule has 7 heavy (non-hydrogen) atoms. The Kier molecular flexibility index (Phi) is 1.06. The van der Waals surface area contributed by atoms with E-state index in [2.05, 4.69) is 10.5 Å². The van der Waals surface area contributed by atoms with Crippen LogP contribution in [0.2, 0.25) is 0 Å². The zero-order valence-corrected chi connectivity index (χ0v) is 3.85. The van der Waals surface area contributed by atoms with Crippen LogP contribution in [0.3, 0.4) is 0 Å². The van der Waals surface area contributed by atoms with E-state index in [-0.39, 0.29) is 0 Å². The fraction of sp³-hybridized carbons (Fsp3) is 0.500. The lowest BCUT2D eigenvalue weighted by atomic mass is 10.3. The third kappa shape index (κ3) is 0.765. The molecule has 1 heterocycles. The minimum Gasteiger partial charge on any atom is -0.309 e. The Morgan fingerprint density at radius 1 is 1.86 bits per heavy atom. The number of carbonyl (C=O) groups excluding carboxylic acids is 1. The van der Waals surface area contributed by atoms with E-state index in [0.717, 1.165) is 19.3 Å². The van der Waals surface area contributed by atoms with Gasteiger partial charge in [-0.15, -0.1) is 0 Å². The summed E-state index contributed by atoms with van der Waals surface area (Å²) in [6.45, 7) is 0.814. The average Bonchev–Trinajstić information content (AvgIpc) is 2.14. The number of nitrogens with one attached hydrogen (secondary N) is 1. The molecule has 1 aliphatic heterocycles. The fourth-order valence-corrected chi connectivity index (χ4v) is 0.483. The molecule has 1 rings (SSSR count). The molecule has 3 nitrogen and oxygen atoms in total. The van der Waals surface area contributed by atoms with Crippen molar-refractivity contribution in [1.29, 1.82) is 0 Å². The van der Waals surface area contributed by atoms with E-state index in [9.17, 15) is 4.79 Å². The molecule has 1 N–H and O–H groups in total. The quantitative estimate of drug-likeness (QED) is 0.451. The number of hydrazone groups is 1. The molecule has 0 atom stereocenters. The molecule has 38 valence electrons. The summed E-state index contributed by atoms with van der Waals surface area (Å²) in [5.74, 6) is 0. The molecule has 0 aromatic rings. The first-order valence-electron chi connectivity index (χ1n) is 2.18. The summed E-state index contributed by atoms with van der Waals surface area (Å²) in [7, 11) is 0. The van der Waals surface area contributed by atoms with Crippen LogP contribution in [0.25, 0.3) is 0 Å². The van der Waals surface area contributed by atoms with E-state index >= 15 is 0 Å². The van der Waals surface area contributed by atoms with Crippen molar-refractivity contribution in [3.05, 3.63) is 0 Å². The van der Waals surface area contributed by atoms with Gasteiger partial charge in [-0.2, -0.15) is 5.10 Å². The number of aldehydes is 1. The highest BCUT2D eigenvalue weighted by Crippen LogP contribution is 1.87. The van der Waals surface area contributed by atoms with Crippen molar-refractivity contribution in [3.63, 3.8) is 0 Å². The summed E-state index contributed by atoms with van der Waals surface area (Å²) < 4.78 is 0. The third-order valence-corrected chi connectivity index (χ3v) is 0.852. The summed E-state index contributed by atoms with van der Waals surface area (Å²) >= 11 is 0. The first-order chi connectivity index (χ1) is 3.43. The molecule has 0 saturated heterocycles. The minimum absolute atomic E-state index is 0.625. The maximum absolute atomic E-state index is 9.84. The third-order valence-electron chi connectivity index (χ3n) is 0.852. The van der Waals surface area contributed by atoms with Gasteiger partial charge >= 0.3 is 0 Å². The first kappa shape index (κ1) is 4.30. The van der Waals surface area contributed by atoms with Crippen molar-refractivity contribution in [1.82, 2.24) is 5.43 Å². The van der Waals surface area contributed by atoms with Gasteiger partial charge in [0.2, 0.25) is 0 Å². The Hall–Kier alpha value is -0.860. The SMILES string of the molecule is O=CC1=NNCC1. The molecule has 0 radical (unpaired) electrons. The Morgan fingerprint density at radius 2 is 2.71 bits per heavy atom. The number of hydrogen-bond acceptors (Lipinski definition) is 3. The summed E-state index contributed by atoms with van der Waals surface area (Å²) in [6.07, 6.45) is 1.56. The van der Waals surface area contributed by atoms with Crippen LogP contribution in [0, 0.1) is 0 Å². The van der Waals surface area contributed by atoms with Gasteiger partial charge in [-0.1, -0.05) is 0 Å². The second-order valence-electron chi connectivity index (χ2n) is 1.38. The van der Waals surface area contributed by atoms with Gasteiger partial charge in [0.05, 0.1) is 0 Å². The maximum atomic E-state index is 9.84. The van der Waals surface area contributed by atoms with Gasteiger partial charge in [-0.25, -0.2) is 0 Å². The Morgan fingerprint density at radius 3 is 3.00 bits per heavy atom. The number of hydrogen-bond donors (Lipinski definition) is 1. The minimum atomic E-state index is 0.625. The van der Waals surface area contributed by atoms with E-state index in [0.29, 0.717) is 5.71 Å². The Balaban J connectivity index is 2.51. The zero-order valence-electron chi connectivity index (χ0n) is 3.85. The molecule has 0 amide bonds. The van der Waals surface area contributed by atoms with Gasteiger partial charge in [0.15, 0.2) is 6.29 Å². The topological polar surface area (TPSA) is 41.5 Å². The van der Waals surface area contributed by atoms with E-state index < -0.39 is 0 Å². The summed E-state index contributed by atoms with van der Waals surface area (Å²) in [6, 6.07) is 0. The molecule has 0 aromatic carbocycles. The molecule has 0 unspecified atom stereocenters. The van der Waals surface area contributed by atoms with Crippen LogP contribution in [0.15, 0.2) is 5.10 Å². The van der Waals surface area contributed by atoms with Crippen molar-refractivity contribution >= 4 is 12.0 Å².